The number of nitrogens with zero attached hydrogens (tertiary/aromatic N) is 1. The number of hydrogen-bond acceptors (Lipinski definition) is 4. The van der Waals surface area contributed by atoms with Gasteiger partial charge in [-0.3, -0.25) is 0 Å². The molecule has 2 fully saturated rings. The third kappa shape index (κ3) is 3.88. The van der Waals surface area contributed by atoms with E-state index in [-0.39, 0.29) is 40.9 Å². The maximum absolute atomic E-state index is 12.2. The SMILES string of the molecule is COC(CNC(=O)N1C[C@@H]2CS(=O)(=O)C[C@@H]2C1)C(C)(C)C. The van der Waals surface area contributed by atoms with Crippen molar-refractivity contribution in [2.45, 2.75) is 26.9 Å². The Kier molecular flexibility index (Phi) is 4.54. The molecule has 2 amide bonds. The summed E-state index contributed by atoms with van der Waals surface area (Å²) in [6.07, 6.45) is -0.0519. The lowest BCUT2D eigenvalue weighted by atomic mass is 9.89. The maximum Gasteiger partial charge on any atom is 0.317 e. The van der Waals surface area contributed by atoms with E-state index in [1.165, 1.54) is 0 Å². The first-order valence-corrected chi connectivity index (χ1v) is 9.20. The first kappa shape index (κ1) is 16.5. The second kappa shape index (κ2) is 5.76. The van der Waals surface area contributed by atoms with Gasteiger partial charge in [-0.1, -0.05) is 20.8 Å². The molecule has 122 valence electrons. The van der Waals surface area contributed by atoms with Gasteiger partial charge < -0.3 is 15.0 Å². The Balaban J connectivity index is 1.84. The fourth-order valence-electron chi connectivity index (χ4n) is 3.24. The zero-order valence-electron chi connectivity index (χ0n) is 13.3. The molecule has 0 aromatic heterocycles. The largest absolute Gasteiger partial charge is 0.379 e. The molecule has 0 radical (unpaired) electrons. The van der Waals surface area contributed by atoms with Crippen molar-refractivity contribution in [1.82, 2.24) is 10.2 Å². The van der Waals surface area contributed by atoms with Gasteiger partial charge in [0.1, 0.15) is 0 Å². The highest BCUT2D eigenvalue weighted by molar-refractivity contribution is 7.91. The predicted octanol–water partition coefficient (Wildman–Crippen LogP) is 0.734. The molecule has 6 nitrogen and oxygen atoms in total. The summed E-state index contributed by atoms with van der Waals surface area (Å²) in [5.41, 5.74) is -0.0440. The van der Waals surface area contributed by atoms with Crippen LogP contribution >= 0.6 is 0 Å². The van der Waals surface area contributed by atoms with Crippen molar-refractivity contribution < 1.29 is 17.9 Å². The van der Waals surface area contributed by atoms with Crippen LogP contribution in [0.25, 0.3) is 0 Å². The number of hydrogen-bond donors (Lipinski definition) is 1. The molecule has 0 saturated carbocycles. The second-order valence-corrected chi connectivity index (χ2v) is 9.43. The van der Waals surface area contributed by atoms with Gasteiger partial charge in [0.2, 0.25) is 0 Å². The number of methoxy groups -OCH3 is 1. The molecule has 0 aliphatic carbocycles. The van der Waals surface area contributed by atoms with Crippen molar-refractivity contribution in [1.29, 1.82) is 0 Å². The monoisotopic (exact) mass is 318 g/mol. The molecule has 2 heterocycles. The number of amides is 2. The molecule has 3 atom stereocenters. The van der Waals surface area contributed by atoms with Gasteiger partial charge in [0, 0.05) is 26.7 Å². The number of nitrogens with one attached hydrogen (secondary N) is 1. The van der Waals surface area contributed by atoms with Crippen LogP contribution in [0.5, 0.6) is 0 Å². The lowest BCUT2D eigenvalue weighted by Crippen LogP contribution is -2.46. The third-order valence-electron chi connectivity index (χ3n) is 4.49. The van der Waals surface area contributed by atoms with Crippen LogP contribution in [0.2, 0.25) is 0 Å². The molecule has 0 aromatic carbocycles. The zero-order chi connectivity index (χ0) is 15.8. The van der Waals surface area contributed by atoms with E-state index in [2.05, 4.69) is 26.1 Å². The van der Waals surface area contributed by atoms with E-state index in [9.17, 15) is 13.2 Å². The first-order valence-electron chi connectivity index (χ1n) is 7.38. The van der Waals surface area contributed by atoms with E-state index < -0.39 is 9.84 Å². The number of likely N-dealkylation sites (tertiary alicyclic amines) is 1. The molecule has 2 aliphatic rings. The molecular weight excluding hydrogens is 292 g/mol. The van der Waals surface area contributed by atoms with Crippen LogP contribution in [0.1, 0.15) is 20.8 Å². The minimum Gasteiger partial charge on any atom is -0.379 e. The molecular formula is C14H26N2O4S. The minimum absolute atomic E-state index is 0.0440. The fraction of sp³-hybridized carbons (Fsp3) is 0.929. The van der Waals surface area contributed by atoms with Crippen LogP contribution in [0.4, 0.5) is 4.79 Å². The molecule has 2 aliphatic heterocycles. The molecule has 0 spiro atoms. The van der Waals surface area contributed by atoms with Crippen molar-refractivity contribution in [3.05, 3.63) is 0 Å². The number of ether oxygens (including phenoxy) is 1. The molecule has 0 bridgehead atoms. The van der Waals surface area contributed by atoms with Crippen molar-refractivity contribution in [2.24, 2.45) is 17.3 Å². The number of carbonyl (C=O) groups is 1. The van der Waals surface area contributed by atoms with Crippen molar-refractivity contribution in [3.8, 4) is 0 Å². The van der Waals surface area contributed by atoms with Crippen LogP contribution in [0, 0.1) is 17.3 Å². The highest BCUT2D eigenvalue weighted by Crippen LogP contribution is 2.32. The molecule has 2 saturated heterocycles. The van der Waals surface area contributed by atoms with E-state index in [1.54, 1.807) is 12.0 Å². The van der Waals surface area contributed by atoms with Crippen LogP contribution in [0.3, 0.4) is 0 Å². The van der Waals surface area contributed by atoms with Gasteiger partial charge >= 0.3 is 6.03 Å². The quantitative estimate of drug-likeness (QED) is 0.832. The topological polar surface area (TPSA) is 75.7 Å². The Morgan fingerprint density at radius 3 is 2.24 bits per heavy atom. The normalized spacial score (nSPS) is 29.2. The van der Waals surface area contributed by atoms with Crippen LogP contribution in [-0.2, 0) is 14.6 Å². The lowest BCUT2D eigenvalue weighted by molar-refractivity contribution is 0.0187. The number of sulfone groups is 1. The summed E-state index contributed by atoms with van der Waals surface area (Å²) in [5.74, 6) is 0.678. The van der Waals surface area contributed by atoms with Crippen LogP contribution in [0.15, 0.2) is 0 Å². The van der Waals surface area contributed by atoms with Gasteiger partial charge in [-0.05, 0) is 17.3 Å². The highest BCUT2D eigenvalue weighted by atomic mass is 32.2. The summed E-state index contributed by atoms with van der Waals surface area (Å²) in [6.45, 7) is 7.75. The van der Waals surface area contributed by atoms with Crippen LogP contribution in [-0.4, -0.2) is 63.7 Å². The average molecular weight is 318 g/mol. The van der Waals surface area contributed by atoms with E-state index in [0.29, 0.717) is 19.6 Å². The molecule has 0 aromatic rings. The Hall–Kier alpha value is -0.820. The summed E-state index contributed by atoms with van der Waals surface area (Å²) < 4.78 is 28.5. The standard InChI is InChI=1S/C14H26N2O4S/c1-14(2,3)12(20-4)5-15-13(17)16-6-10-8-21(18,19)9-11(10)7-16/h10-12H,5-9H2,1-4H3,(H,15,17)/t10-,11+,12?. The summed E-state index contributed by atoms with van der Waals surface area (Å²) in [5, 5.41) is 2.90. The van der Waals surface area contributed by atoms with Crippen molar-refractivity contribution >= 4 is 15.9 Å². The van der Waals surface area contributed by atoms with E-state index in [4.69, 9.17) is 4.74 Å². The van der Waals surface area contributed by atoms with Crippen LogP contribution < -0.4 is 5.32 Å². The van der Waals surface area contributed by atoms with Gasteiger partial charge in [0.05, 0.1) is 17.6 Å². The minimum atomic E-state index is -2.88. The van der Waals surface area contributed by atoms with Gasteiger partial charge in [-0.15, -0.1) is 0 Å². The highest BCUT2D eigenvalue weighted by Gasteiger charge is 2.45. The molecule has 2 rings (SSSR count). The first-order chi connectivity index (χ1) is 9.62. The summed E-state index contributed by atoms with van der Waals surface area (Å²) in [6, 6.07) is -0.118. The van der Waals surface area contributed by atoms with Gasteiger partial charge in [0.15, 0.2) is 9.84 Å². The number of urea groups is 1. The predicted molar refractivity (Wildman–Crippen MR) is 80.9 cm³/mol. The fourth-order valence-corrected chi connectivity index (χ4v) is 5.43. The maximum atomic E-state index is 12.2. The van der Waals surface area contributed by atoms with Crippen molar-refractivity contribution in [2.75, 3.05) is 38.2 Å². The molecule has 1 N–H and O–H groups in total. The Labute approximate surface area is 127 Å². The Morgan fingerprint density at radius 2 is 1.81 bits per heavy atom. The number of carbonyl (C=O) groups excluding carboxylic acids is 1. The number of fused-ring (bicyclic) bond motifs is 1. The van der Waals surface area contributed by atoms with Gasteiger partial charge in [0.25, 0.3) is 0 Å². The summed E-state index contributed by atoms with van der Waals surface area (Å²) in [4.78, 5) is 13.9. The summed E-state index contributed by atoms with van der Waals surface area (Å²) >= 11 is 0. The number of rotatable bonds is 3. The molecule has 7 heteroatoms. The van der Waals surface area contributed by atoms with Gasteiger partial charge in [-0.25, -0.2) is 13.2 Å². The molecule has 1 unspecified atom stereocenters. The van der Waals surface area contributed by atoms with Crippen molar-refractivity contribution in [3.63, 3.8) is 0 Å². The Bertz CT molecular complexity index is 478. The molecule has 21 heavy (non-hydrogen) atoms. The lowest BCUT2D eigenvalue weighted by Gasteiger charge is -2.30. The van der Waals surface area contributed by atoms with Gasteiger partial charge in [-0.2, -0.15) is 0 Å². The van der Waals surface area contributed by atoms with E-state index >= 15 is 0 Å². The second-order valence-electron chi connectivity index (χ2n) is 7.28. The average Bonchev–Trinajstić information content (AvgIpc) is 2.81. The Morgan fingerprint density at radius 1 is 1.29 bits per heavy atom. The zero-order valence-corrected chi connectivity index (χ0v) is 14.1. The summed E-state index contributed by atoms with van der Waals surface area (Å²) in [7, 11) is -1.24. The van der Waals surface area contributed by atoms with E-state index in [0.717, 1.165) is 0 Å². The van der Waals surface area contributed by atoms with E-state index in [1.807, 2.05) is 0 Å². The smallest absolute Gasteiger partial charge is 0.317 e. The third-order valence-corrected chi connectivity index (χ3v) is 6.36.